The molecular weight excluding hydrogens is 275 g/mol. The van der Waals surface area contributed by atoms with Gasteiger partial charge in [-0.15, -0.1) is 0 Å². The zero-order valence-electron chi connectivity index (χ0n) is 6.44. The average molecular weight is 283 g/mol. The van der Waals surface area contributed by atoms with Gasteiger partial charge in [-0.2, -0.15) is 8.78 Å². The lowest BCUT2D eigenvalue weighted by Crippen LogP contribution is -2.02. The predicted octanol–water partition coefficient (Wildman–Crippen LogP) is 3.21. The van der Waals surface area contributed by atoms with Crippen molar-refractivity contribution in [1.29, 1.82) is 0 Å². The lowest BCUT2D eigenvalue weighted by molar-refractivity contribution is 0.127. The van der Waals surface area contributed by atoms with Gasteiger partial charge in [0.15, 0.2) is 0 Å². The minimum absolute atomic E-state index is 0.0231. The van der Waals surface area contributed by atoms with E-state index >= 15 is 0 Å². The van der Waals surface area contributed by atoms with E-state index in [0.29, 0.717) is 5.69 Å². The summed E-state index contributed by atoms with van der Waals surface area (Å²) in [5.41, 5.74) is 0.721. The standard InChI is InChI=1S/C8H8F2IN/c1-12-7-4-2-3-6(5-7)8(9,10)11/h2-5,12H,1H3. The van der Waals surface area contributed by atoms with Gasteiger partial charge in [0.2, 0.25) is 0 Å². The lowest BCUT2D eigenvalue weighted by Gasteiger charge is -2.09. The summed E-state index contributed by atoms with van der Waals surface area (Å²) in [5, 5.41) is 2.80. The highest BCUT2D eigenvalue weighted by molar-refractivity contribution is 14.1. The molecule has 0 aromatic heterocycles. The number of rotatable bonds is 2. The zero-order valence-corrected chi connectivity index (χ0v) is 8.60. The Morgan fingerprint density at radius 2 is 2.08 bits per heavy atom. The highest BCUT2D eigenvalue weighted by Crippen LogP contribution is 2.35. The fourth-order valence-electron chi connectivity index (χ4n) is 0.851. The molecule has 0 radical (unpaired) electrons. The largest absolute Gasteiger partial charge is 0.388 e. The Morgan fingerprint density at radius 1 is 1.42 bits per heavy atom. The van der Waals surface area contributed by atoms with Crippen molar-refractivity contribution in [3.63, 3.8) is 0 Å². The number of nitrogens with one attached hydrogen (secondary N) is 1. The van der Waals surface area contributed by atoms with Crippen LogP contribution in [-0.2, 0) is 3.93 Å². The number of benzene rings is 1. The molecule has 1 N–H and O–H groups in total. The van der Waals surface area contributed by atoms with Gasteiger partial charge in [-0.05, 0) is 12.1 Å². The van der Waals surface area contributed by atoms with Gasteiger partial charge in [0.1, 0.15) is 0 Å². The molecule has 66 valence electrons. The van der Waals surface area contributed by atoms with E-state index in [1.54, 1.807) is 19.2 Å². The second kappa shape index (κ2) is 3.55. The minimum atomic E-state index is -2.79. The van der Waals surface area contributed by atoms with Crippen LogP contribution in [0, 0.1) is 0 Å². The Bertz CT molecular complexity index is 270. The predicted molar refractivity (Wildman–Crippen MR) is 53.9 cm³/mol. The summed E-state index contributed by atoms with van der Waals surface area (Å²) in [6, 6.07) is 6.19. The number of alkyl halides is 3. The SMILES string of the molecule is CNc1cccc(C(F)(F)I)c1. The molecule has 1 aromatic carbocycles. The van der Waals surface area contributed by atoms with Crippen LogP contribution >= 0.6 is 22.6 Å². The molecule has 1 nitrogen and oxygen atoms in total. The zero-order chi connectivity index (χ0) is 9.19. The Kier molecular flexibility index (Phi) is 2.87. The monoisotopic (exact) mass is 283 g/mol. The first-order valence-electron chi connectivity index (χ1n) is 3.39. The molecule has 0 aliphatic heterocycles. The van der Waals surface area contributed by atoms with E-state index in [-0.39, 0.29) is 5.56 Å². The van der Waals surface area contributed by atoms with Gasteiger partial charge in [0, 0.05) is 40.9 Å². The maximum atomic E-state index is 12.7. The summed E-state index contributed by atoms with van der Waals surface area (Å²) in [6.45, 7) is 0. The number of anilines is 1. The summed E-state index contributed by atoms with van der Waals surface area (Å²) < 4.78 is 22.7. The van der Waals surface area contributed by atoms with Crippen molar-refractivity contribution < 1.29 is 8.78 Å². The van der Waals surface area contributed by atoms with Crippen LogP contribution in [0.5, 0.6) is 0 Å². The Balaban J connectivity index is 3.02. The van der Waals surface area contributed by atoms with Crippen LogP contribution in [0.2, 0.25) is 0 Å². The first kappa shape index (κ1) is 9.70. The first-order valence-corrected chi connectivity index (χ1v) is 4.47. The Labute approximate surface area is 83.3 Å². The Hall–Kier alpha value is -0.390. The average Bonchev–Trinajstić information content (AvgIpc) is 2.03. The highest BCUT2D eigenvalue weighted by Gasteiger charge is 2.26. The van der Waals surface area contributed by atoms with Gasteiger partial charge < -0.3 is 5.32 Å². The summed E-state index contributed by atoms with van der Waals surface area (Å²) in [6.07, 6.45) is 0. The number of hydrogen-bond donors (Lipinski definition) is 1. The van der Waals surface area contributed by atoms with E-state index in [2.05, 4.69) is 5.32 Å². The first-order chi connectivity index (χ1) is 5.54. The molecule has 0 heterocycles. The summed E-state index contributed by atoms with van der Waals surface area (Å²) >= 11 is 1.11. The molecule has 0 aliphatic rings. The molecule has 0 amide bonds. The fourth-order valence-corrected chi connectivity index (χ4v) is 1.19. The van der Waals surface area contributed by atoms with Crippen molar-refractivity contribution in [2.24, 2.45) is 0 Å². The Morgan fingerprint density at radius 3 is 2.58 bits per heavy atom. The van der Waals surface area contributed by atoms with E-state index in [4.69, 9.17) is 0 Å². The second-order valence-electron chi connectivity index (χ2n) is 2.33. The molecule has 0 aliphatic carbocycles. The van der Waals surface area contributed by atoms with Crippen LogP contribution < -0.4 is 5.32 Å². The van der Waals surface area contributed by atoms with Gasteiger partial charge in [0.25, 0.3) is 0 Å². The van der Waals surface area contributed by atoms with Crippen molar-refractivity contribution in [2.45, 2.75) is 3.93 Å². The maximum Gasteiger partial charge on any atom is 0.321 e. The summed E-state index contributed by atoms with van der Waals surface area (Å²) in [7, 11) is 1.70. The van der Waals surface area contributed by atoms with Gasteiger partial charge in [-0.3, -0.25) is 0 Å². The van der Waals surface area contributed by atoms with Crippen LogP contribution in [0.1, 0.15) is 5.56 Å². The highest BCUT2D eigenvalue weighted by atomic mass is 127. The van der Waals surface area contributed by atoms with Crippen LogP contribution in [-0.4, -0.2) is 7.05 Å². The molecule has 1 aromatic rings. The van der Waals surface area contributed by atoms with Crippen LogP contribution in [0.15, 0.2) is 24.3 Å². The third-order valence-corrected chi connectivity index (χ3v) is 2.10. The van der Waals surface area contributed by atoms with E-state index in [1.165, 1.54) is 12.1 Å². The molecule has 0 saturated heterocycles. The second-order valence-corrected chi connectivity index (χ2v) is 3.68. The van der Waals surface area contributed by atoms with Gasteiger partial charge in [0.05, 0.1) is 0 Å². The molecule has 0 atom stereocenters. The minimum Gasteiger partial charge on any atom is -0.388 e. The van der Waals surface area contributed by atoms with Crippen molar-refractivity contribution in [3.8, 4) is 0 Å². The molecule has 0 unspecified atom stereocenters. The van der Waals surface area contributed by atoms with E-state index in [1.807, 2.05) is 0 Å². The molecule has 12 heavy (non-hydrogen) atoms. The number of halogens is 3. The van der Waals surface area contributed by atoms with Crippen LogP contribution in [0.25, 0.3) is 0 Å². The fraction of sp³-hybridized carbons (Fsp3) is 0.250. The van der Waals surface area contributed by atoms with Crippen molar-refractivity contribution >= 4 is 28.3 Å². The molecule has 1 rings (SSSR count). The van der Waals surface area contributed by atoms with E-state index < -0.39 is 3.93 Å². The molecule has 0 bridgehead atoms. The molecule has 0 spiro atoms. The normalized spacial score (nSPS) is 11.3. The van der Waals surface area contributed by atoms with Gasteiger partial charge in [-0.1, -0.05) is 12.1 Å². The van der Waals surface area contributed by atoms with E-state index in [9.17, 15) is 8.78 Å². The van der Waals surface area contributed by atoms with Crippen LogP contribution in [0.3, 0.4) is 0 Å². The number of hydrogen-bond acceptors (Lipinski definition) is 1. The summed E-state index contributed by atoms with van der Waals surface area (Å²) in [4.78, 5) is 0. The van der Waals surface area contributed by atoms with Crippen molar-refractivity contribution in [1.82, 2.24) is 0 Å². The molecule has 0 saturated carbocycles. The smallest absolute Gasteiger partial charge is 0.321 e. The third kappa shape index (κ3) is 2.30. The maximum absolute atomic E-state index is 12.7. The summed E-state index contributed by atoms with van der Waals surface area (Å²) in [5.74, 6) is 0. The van der Waals surface area contributed by atoms with Crippen molar-refractivity contribution in [3.05, 3.63) is 29.8 Å². The quantitative estimate of drug-likeness (QED) is 0.649. The van der Waals surface area contributed by atoms with Gasteiger partial charge in [-0.25, -0.2) is 0 Å². The molecular formula is C8H8F2IN. The molecule has 0 fully saturated rings. The topological polar surface area (TPSA) is 12.0 Å². The van der Waals surface area contributed by atoms with Gasteiger partial charge >= 0.3 is 3.93 Å². The lowest BCUT2D eigenvalue weighted by atomic mass is 10.2. The third-order valence-electron chi connectivity index (χ3n) is 1.48. The molecule has 4 heteroatoms. The van der Waals surface area contributed by atoms with E-state index in [0.717, 1.165) is 22.6 Å². The van der Waals surface area contributed by atoms with Crippen molar-refractivity contribution in [2.75, 3.05) is 12.4 Å². The van der Waals surface area contributed by atoms with Crippen LogP contribution in [0.4, 0.5) is 14.5 Å².